The highest BCUT2D eigenvalue weighted by atomic mass is 79.9. The van der Waals surface area contributed by atoms with Crippen LogP contribution in [0.25, 0.3) is 0 Å². The van der Waals surface area contributed by atoms with Crippen LogP contribution < -0.4 is 31.4 Å². The van der Waals surface area contributed by atoms with Crippen molar-refractivity contribution >= 4 is 0 Å². The number of benzene rings is 1. The Bertz CT molecular complexity index is 674. The van der Waals surface area contributed by atoms with Gasteiger partial charge in [0.15, 0.2) is 11.5 Å². The maximum atomic E-state index is 5.74. The van der Waals surface area contributed by atoms with Gasteiger partial charge >= 0.3 is 0 Å². The molecular weight excluding hydrogens is 358 g/mol. The first kappa shape index (κ1) is 15.5. The van der Waals surface area contributed by atoms with Crippen LogP contribution >= 0.6 is 0 Å². The number of hydrogen-bond acceptors (Lipinski definition) is 3. The Morgan fingerprint density at radius 2 is 1.96 bits per heavy atom. The van der Waals surface area contributed by atoms with E-state index >= 15 is 0 Å². The molecule has 1 aromatic carbocycles. The minimum Gasteiger partial charge on any atom is -1.00 e. The molecule has 1 N–H and O–H groups in total. The van der Waals surface area contributed by atoms with Crippen LogP contribution in [0.1, 0.15) is 30.4 Å². The molecule has 1 aliphatic carbocycles. The largest absolute Gasteiger partial charge is 1.00 e. The first-order valence-corrected chi connectivity index (χ1v) is 8.32. The molecule has 4 aliphatic rings. The molecule has 1 aromatic rings. The maximum absolute atomic E-state index is 5.74. The summed E-state index contributed by atoms with van der Waals surface area (Å²) in [6, 6.07) is 4.48. The molecule has 1 saturated heterocycles. The molecule has 5 rings (SSSR count). The minimum atomic E-state index is 0. The molecule has 4 nitrogen and oxygen atoms in total. The second-order valence-electron chi connectivity index (χ2n) is 6.90. The van der Waals surface area contributed by atoms with E-state index in [1.807, 2.05) is 7.11 Å². The first-order chi connectivity index (χ1) is 10.8. The molecule has 3 atom stereocenters. The van der Waals surface area contributed by atoms with Gasteiger partial charge in [0, 0.05) is 31.9 Å². The summed E-state index contributed by atoms with van der Waals surface area (Å²) in [7, 11) is 1.85. The summed E-state index contributed by atoms with van der Waals surface area (Å²) in [6.07, 6.45) is 7.28. The molecule has 5 heteroatoms. The van der Waals surface area contributed by atoms with Crippen LogP contribution in [0.3, 0.4) is 0 Å². The predicted molar refractivity (Wildman–Crippen MR) is 81.4 cm³/mol. The molecular formula is C18H22BrNO3. The van der Waals surface area contributed by atoms with E-state index in [9.17, 15) is 0 Å². The zero-order valence-corrected chi connectivity index (χ0v) is 14.9. The standard InChI is InChI=1S/C18H21NO3.BrH/c1-20-14-3-2-13-5-7-19-6-4-12-8-16-17(22-11-21-16)9-15(12)18(13,19)10-14;/h2,8-9,14H,3-7,10-11H2,1H3;1H. The smallest absolute Gasteiger partial charge is 0.231 e. The van der Waals surface area contributed by atoms with E-state index in [0.29, 0.717) is 12.9 Å². The van der Waals surface area contributed by atoms with Crippen molar-refractivity contribution < 1.29 is 36.1 Å². The molecule has 3 heterocycles. The third kappa shape index (κ3) is 2.03. The van der Waals surface area contributed by atoms with Gasteiger partial charge in [-0.05, 0) is 29.7 Å². The monoisotopic (exact) mass is 379 g/mol. The van der Waals surface area contributed by atoms with E-state index in [1.165, 1.54) is 30.6 Å². The van der Waals surface area contributed by atoms with Crippen molar-refractivity contribution in [1.82, 2.24) is 0 Å². The lowest BCUT2D eigenvalue weighted by molar-refractivity contribution is -0.947. The average Bonchev–Trinajstić information content (AvgIpc) is 3.16. The van der Waals surface area contributed by atoms with Gasteiger partial charge in [0.05, 0.1) is 19.2 Å². The maximum Gasteiger partial charge on any atom is 0.231 e. The van der Waals surface area contributed by atoms with E-state index in [1.54, 1.807) is 10.5 Å². The van der Waals surface area contributed by atoms with Gasteiger partial charge in [-0.2, -0.15) is 0 Å². The van der Waals surface area contributed by atoms with Gasteiger partial charge < -0.3 is 36.1 Å². The summed E-state index contributed by atoms with van der Waals surface area (Å²) in [6.45, 7) is 2.81. The number of methoxy groups -OCH3 is 1. The first-order valence-electron chi connectivity index (χ1n) is 8.32. The predicted octanol–water partition coefficient (Wildman–Crippen LogP) is -1.81. The van der Waals surface area contributed by atoms with Gasteiger partial charge in [-0.15, -0.1) is 0 Å². The van der Waals surface area contributed by atoms with Crippen LogP contribution in [-0.2, 0) is 16.7 Å². The zero-order chi connectivity index (χ0) is 14.7. The highest BCUT2D eigenvalue weighted by Gasteiger charge is 2.56. The fourth-order valence-electron chi connectivity index (χ4n) is 5.05. The van der Waals surface area contributed by atoms with Crippen molar-refractivity contribution in [3.8, 4) is 11.5 Å². The Morgan fingerprint density at radius 1 is 1.17 bits per heavy atom. The number of quaternary nitrogens is 1. The molecule has 3 unspecified atom stereocenters. The van der Waals surface area contributed by atoms with E-state index in [0.717, 1.165) is 30.8 Å². The second kappa shape index (κ2) is 5.50. The van der Waals surface area contributed by atoms with E-state index in [4.69, 9.17) is 14.2 Å². The van der Waals surface area contributed by atoms with E-state index < -0.39 is 0 Å². The quantitative estimate of drug-likeness (QED) is 0.584. The zero-order valence-electron chi connectivity index (χ0n) is 13.4. The van der Waals surface area contributed by atoms with Gasteiger partial charge in [-0.1, -0.05) is 6.08 Å². The molecule has 23 heavy (non-hydrogen) atoms. The fraction of sp³-hybridized carbons (Fsp3) is 0.556. The topological polar surface area (TPSA) is 32.1 Å². The molecule has 3 aliphatic heterocycles. The van der Waals surface area contributed by atoms with Gasteiger partial charge in [-0.25, -0.2) is 0 Å². The Kier molecular flexibility index (Phi) is 3.70. The highest BCUT2D eigenvalue weighted by Crippen LogP contribution is 2.47. The van der Waals surface area contributed by atoms with Crippen LogP contribution in [0.5, 0.6) is 11.5 Å². The lowest BCUT2D eigenvalue weighted by Gasteiger charge is -2.44. The summed E-state index contributed by atoms with van der Waals surface area (Å²) in [5.74, 6) is 1.83. The Morgan fingerprint density at radius 3 is 2.78 bits per heavy atom. The molecule has 0 bridgehead atoms. The molecule has 1 fully saturated rings. The molecule has 124 valence electrons. The van der Waals surface area contributed by atoms with Crippen LogP contribution in [-0.4, -0.2) is 33.1 Å². The van der Waals surface area contributed by atoms with Crippen molar-refractivity contribution in [2.75, 3.05) is 27.0 Å². The lowest BCUT2D eigenvalue weighted by atomic mass is 9.71. The SMILES string of the molecule is COC1CC=C2CC[NH+]3CCc4cc5c(cc4C23C1)OCO5.[Br-]. The highest BCUT2D eigenvalue weighted by molar-refractivity contribution is 5.54. The number of nitrogens with one attached hydrogen (secondary N) is 1. The van der Waals surface area contributed by atoms with Crippen LogP contribution in [0.4, 0.5) is 0 Å². The van der Waals surface area contributed by atoms with Crippen molar-refractivity contribution in [3.05, 3.63) is 34.9 Å². The van der Waals surface area contributed by atoms with E-state index in [2.05, 4.69) is 18.2 Å². The van der Waals surface area contributed by atoms with Crippen molar-refractivity contribution in [3.63, 3.8) is 0 Å². The summed E-state index contributed by atoms with van der Waals surface area (Å²) in [5, 5.41) is 0. The van der Waals surface area contributed by atoms with Crippen molar-refractivity contribution in [2.24, 2.45) is 0 Å². The van der Waals surface area contributed by atoms with Gasteiger partial charge in [0.2, 0.25) is 6.79 Å². The molecule has 1 spiro atoms. The third-order valence-electron chi connectivity index (χ3n) is 6.10. The molecule has 0 aromatic heterocycles. The number of fused-ring (bicyclic) bond motifs is 2. The Balaban J connectivity index is 0.00000135. The van der Waals surface area contributed by atoms with Crippen LogP contribution in [0, 0.1) is 0 Å². The third-order valence-corrected chi connectivity index (χ3v) is 6.10. The van der Waals surface area contributed by atoms with Gasteiger partial charge in [0.1, 0.15) is 5.54 Å². The number of rotatable bonds is 1. The number of hydrogen-bond donors (Lipinski definition) is 1. The van der Waals surface area contributed by atoms with Crippen LogP contribution in [0.2, 0.25) is 0 Å². The summed E-state index contributed by atoms with van der Waals surface area (Å²) < 4.78 is 17.0. The molecule has 0 saturated carbocycles. The van der Waals surface area contributed by atoms with Crippen molar-refractivity contribution in [2.45, 2.75) is 37.3 Å². The second-order valence-corrected chi connectivity index (χ2v) is 6.90. The van der Waals surface area contributed by atoms with Gasteiger partial charge in [0.25, 0.3) is 0 Å². The Labute approximate surface area is 147 Å². The Hall–Kier alpha value is -1.04. The van der Waals surface area contributed by atoms with Crippen LogP contribution in [0.15, 0.2) is 23.8 Å². The lowest BCUT2D eigenvalue weighted by Crippen LogP contribution is -3.18. The molecule has 0 amide bonds. The summed E-state index contributed by atoms with van der Waals surface area (Å²) in [4.78, 5) is 1.71. The average molecular weight is 380 g/mol. The summed E-state index contributed by atoms with van der Waals surface area (Å²) >= 11 is 0. The minimum absolute atomic E-state index is 0. The fourth-order valence-corrected chi connectivity index (χ4v) is 5.05. The summed E-state index contributed by atoms with van der Waals surface area (Å²) in [5.41, 5.74) is 4.64. The normalized spacial score (nSPS) is 33.2. The molecule has 0 radical (unpaired) electrons. The number of halogens is 1. The van der Waals surface area contributed by atoms with Gasteiger partial charge in [-0.3, -0.25) is 0 Å². The van der Waals surface area contributed by atoms with Crippen molar-refractivity contribution in [1.29, 1.82) is 0 Å². The number of ether oxygens (including phenoxy) is 3. The van der Waals surface area contributed by atoms with E-state index in [-0.39, 0.29) is 22.5 Å².